The van der Waals surface area contributed by atoms with Crippen molar-refractivity contribution in [3.05, 3.63) is 66.4 Å². The lowest BCUT2D eigenvalue weighted by atomic mass is 9.99. The monoisotopic (exact) mass is 458 g/mol. The Labute approximate surface area is 196 Å². The Hall–Kier alpha value is -3.75. The van der Waals surface area contributed by atoms with E-state index in [2.05, 4.69) is 15.2 Å². The van der Waals surface area contributed by atoms with Crippen LogP contribution >= 0.6 is 0 Å². The van der Waals surface area contributed by atoms with Crippen LogP contribution in [0.3, 0.4) is 0 Å². The van der Waals surface area contributed by atoms with Gasteiger partial charge in [-0.05, 0) is 48.2 Å². The van der Waals surface area contributed by atoms with Crippen LogP contribution in [0.2, 0.25) is 0 Å². The first-order chi connectivity index (χ1) is 16.5. The Morgan fingerprint density at radius 2 is 1.91 bits per heavy atom. The molecule has 2 aromatic carbocycles. The van der Waals surface area contributed by atoms with E-state index in [0.29, 0.717) is 37.1 Å². The number of piperidine rings is 1. The maximum atomic E-state index is 12.8. The summed E-state index contributed by atoms with van der Waals surface area (Å²) in [5.41, 5.74) is 4.47. The van der Waals surface area contributed by atoms with Gasteiger partial charge in [0, 0.05) is 35.8 Å². The van der Waals surface area contributed by atoms with Crippen molar-refractivity contribution in [1.29, 1.82) is 0 Å². The molecule has 1 unspecified atom stereocenters. The number of aromatic amines is 1. The highest BCUT2D eigenvalue weighted by Crippen LogP contribution is 2.34. The number of amides is 1. The molecule has 3 heterocycles. The van der Waals surface area contributed by atoms with E-state index in [4.69, 9.17) is 4.74 Å². The third-order valence-electron chi connectivity index (χ3n) is 6.33. The van der Waals surface area contributed by atoms with Gasteiger partial charge in [-0.3, -0.25) is 9.89 Å². The largest absolute Gasteiger partial charge is 0.496 e. The van der Waals surface area contributed by atoms with E-state index >= 15 is 0 Å². The standard InChI is InChI=1S/C26H26N4O4/c1-34-22-8-3-2-7-20(22)23-21-14-18(15-27-25(21)29-28-23)16-5-4-6-17(13-16)24(32)26(33)30-11-9-19(31)10-12-30/h2-8,13-15,19,24,31-32H,9-12H2,1H3,(H,27,28,29). The molecular weight excluding hydrogens is 432 g/mol. The first-order valence-corrected chi connectivity index (χ1v) is 11.3. The van der Waals surface area contributed by atoms with Gasteiger partial charge in [0.05, 0.1) is 18.9 Å². The minimum absolute atomic E-state index is 0.342. The molecule has 1 atom stereocenters. The third kappa shape index (κ3) is 4.13. The Balaban J connectivity index is 1.46. The highest BCUT2D eigenvalue weighted by molar-refractivity contribution is 5.94. The minimum Gasteiger partial charge on any atom is -0.496 e. The zero-order valence-corrected chi connectivity index (χ0v) is 18.8. The second-order valence-electron chi connectivity index (χ2n) is 8.48. The average molecular weight is 459 g/mol. The zero-order chi connectivity index (χ0) is 23.7. The average Bonchev–Trinajstić information content (AvgIpc) is 3.31. The molecule has 1 fully saturated rings. The van der Waals surface area contributed by atoms with Crippen molar-refractivity contribution >= 4 is 16.9 Å². The normalized spacial score (nSPS) is 15.4. The lowest BCUT2D eigenvalue weighted by molar-refractivity contribution is -0.142. The molecule has 0 aliphatic carbocycles. The smallest absolute Gasteiger partial charge is 0.256 e. The number of ether oxygens (including phenoxy) is 1. The summed E-state index contributed by atoms with van der Waals surface area (Å²) in [5, 5.41) is 28.7. The van der Waals surface area contributed by atoms with Gasteiger partial charge in [0.15, 0.2) is 11.8 Å². The molecule has 2 aromatic heterocycles. The van der Waals surface area contributed by atoms with E-state index < -0.39 is 6.10 Å². The number of fused-ring (bicyclic) bond motifs is 1. The number of benzene rings is 2. The van der Waals surface area contributed by atoms with E-state index in [1.807, 2.05) is 48.5 Å². The number of rotatable bonds is 5. The van der Waals surface area contributed by atoms with Crippen molar-refractivity contribution < 1.29 is 19.7 Å². The molecule has 8 heteroatoms. The number of aromatic nitrogens is 3. The Bertz CT molecular complexity index is 1330. The number of pyridine rings is 1. The highest BCUT2D eigenvalue weighted by Gasteiger charge is 2.27. The number of aliphatic hydroxyl groups excluding tert-OH is 2. The number of nitrogens with zero attached hydrogens (tertiary/aromatic N) is 3. The quantitative estimate of drug-likeness (QED) is 0.423. The highest BCUT2D eigenvalue weighted by atomic mass is 16.5. The van der Waals surface area contributed by atoms with Crippen molar-refractivity contribution in [3.63, 3.8) is 0 Å². The van der Waals surface area contributed by atoms with Gasteiger partial charge in [-0.2, -0.15) is 5.10 Å². The molecule has 0 bridgehead atoms. The summed E-state index contributed by atoms with van der Waals surface area (Å²) in [6.07, 6.45) is 1.15. The van der Waals surface area contributed by atoms with Gasteiger partial charge < -0.3 is 19.8 Å². The summed E-state index contributed by atoms with van der Waals surface area (Å²) in [4.78, 5) is 18.9. The van der Waals surface area contributed by atoms with Crippen LogP contribution in [0.4, 0.5) is 0 Å². The van der Waals surface area contributed by atoms with E-state index in [9.17, 15) is 15.0 Å². The van der Waals surface area contributed by atoms with E-state index in [-0.39, 0.29) is 12.0 Å². The number of nitrogens with one attached hydrogen (secondary N) is 1. The van der Waals surface area contributed by atoms with Crippen LogP contribution in [0.5, 0.6) is 5.75 Å². The van der Waals surface area contributed by atoms with Gasteiger partial charge in [0.25, 0.3) is 5.91 Å². The van der Waals surface area contributed by atoms with E-state index in [1.54, 1.807) is 24.3 Å². The zero-order valence-electron chi connectivity index (χ0n) is 18.8. The summed E-state index contributed by atoms with van der Waals surface area (Å²) >= 11 is 0. The molecule has 0 saturated carbocycles. The molecule has 0 spiro atoms. The maximum Gasteiger partial charge on any atom is 0.256 e. The van der Waals surface area contributed by atoms with Crippen LogP contribution < -0.4 is 4.74 Å². The summed E-state index contributed by atoms with van der Waals surface area (Å²) in [6, 6.07) is 17.0. The number of aliphatic hydroxyl groups is 2. The molecule has 1 saturated heterocycles. The number of hydrogen-bond donors (Lipinski definition) is 3. The van der Waals surface area contributed by atoms with E-state index in [0.717, 1.165) is 33.5 Å². The predicted molar refractivity (Wildman–Crippen MR) is 128 cm³/mol. The molecule has 1 amide bonds. The number of para-hydroxylation sites is 1. The van der Waals surface area contributed by atoms with Gasteiger partial charge in [-0.15, -0.1) is 0 Å². The van der Waals surface area contributed by atoms with Crippen molar-refractivity contribution in [2.24, 2.45) is 0 Å². The summed E-state index contributed by atoms with van der Waals surface area (Å²) in [5.74, 6) is 0.387. The molecule has 34 heavy (non-hydrogen) atoms. The fourth-order valence-corrected chi connectivity index (χ4v) is 4.40. The van der Waals surface area contributed by atoms with Gasteiger partial charge in [0.2, 0.25) is 0 Å². The molecule has 5 rings (SSSR count). The van der Waals surface area contributed by atoms with Gasteiger partial charge in [0.1, 0.15) is 5.75 Å². The SMILES string of the molecule is COc1ccccc1-c1[nH]nc2ncc(-c3cccc(C(O)C(=O)N4CCC(O)CC4)c3)cc12. The number of hydrogen-bond acceptors (Lipinski definition) is 6. The third-order valence-corrected chi connectivity index (χ3v) is 6.33. The Morgan fingerprint density at radius 1 is 1.12 bits per heavy atom. The first-order valence-electron chi connectivity index (χ1n) is 11.3. The van der Waals surface area contributed by atoms with Gasteiger partial charge >= 0.3 is 0 Å². The molecule has 1 aliphatic rings. The first kappa shape index (κ1) is 22.1. The number of H-pyrrole nitrogens is 1. The van der Waals surface area contributed by atoms with Crippen molar-refractivity contribution in [3.8, 4) is 28.1 Å². The van der Waals surface area contributed by atoms with Crippen LogP contribution in [-0.2, 0) is 4.79 Å². The second-order valence-corrected chi connectivity index (χ2v) is 8.48. The molecular formula is C26H26N4O4. The van der Waals surface area contributed by atoms with Crippen LogP contribution in [0.25, 0.3) is 33.4 Å². The van der Waals surface area contributed by atoms with Crippen LogP contribution in [0.15, 0.2) is 60.8 Å². The minimum atomic E-state index is -1.26. The van der Waals surface area contributed by atoms with Crippen molar-refractivity contribution in [1.82, 2.24) is 20.1 Å². The number of carbonyl (C=O) groups is 1. The van der Waals surface area contributed by atoms with Crippen LogP contribution in [0.1, 0.15) is 24.5 Å². The van der Waals surface area contributed by atoms with Crippen molar-refractivity contribution in [2.45, 2.75) is 25.0 Å². The molecule has 174 valence electrons. The number of methoxy groups -OCH3 is 1. The fraction of sp³-hybridized carbons (Fsp3) is 0.269. The van der Waals surface area contributed by atoms with Crippen LogP contribution in [0, 0.1) is 0 Å². The second kappa shape index (κ2) is 9.24. The number of likely N-dealkylation sites (tertiary alicyclic amines) is 1. The molecule has 3 N–H and O–H groups in total. The lowest BCUT2D eigenvalue weighted by Gasteiger charge is -2.31. The van der Waals surface area contributed by atoms with Gasteiger partial charge in [-0.25, -0.2) is 4.98 Å². The topological polar surface area (TPSA) is 112 Å². The van der Waals surface area contributed by atoms with Gasteiger partial charge in [-0.1, -0.05) is 30.3 Å². The molecule has 0 radical (unpaired) electrons. The lowest BCUT2D eigenvalue weighted by Crippen LogP contribution is -2.42. The Kier molecular flexibility index (Phi) is 6.00. The fourth-order valence-electron chi connectivity index (χ4n) is 4.40. The summed E-state index contributed by atoms with van der Waals surface area (Å²) < 4.78 is 5.51. The van der Waals surface area contributed by atoms with Crippen LogP contribution in [-0.4, -0.2) is 62.5 Å². The Morgan fingerprint density at radius 3 is 2.71 bits per heavy atom. The predicted octanol–water partition coefficient (Wildman–Crippen LogP) is 3.32. The molecule has 8 nitrogen and oxygen atoms in total. The van der Waals surface area contributed by atoms with E-state index in [1.165, 1.54) is 0 Å². The summed E-state index contributed by atoms with van der Waals surface area (Å²) in [7, 11) is 1.63. The number of carbonyl (C=O) groups excluding carboxylic acids is 1. The molecule has 1 aliphatic heterocycles. The maximum absolute atomic E-state index is 12.8. The van der Waals surface area contributed by atoms with Crippen molar-refractivity contribution in [2.75, 3.05) is 20.2 Å². The molecule has 4 aromatic rings. The summed E-state index contributed by atoms with van der Waals surface area (Å²) in [6.45, 7) is 0.896.